The number of hydrogen-bond donors (Lipinski definition) is 1. The second kappa shape index (κ2) is 3.94. The zero-order valence-corrected chi connectivity index (χ0v) is 4.99. The molecule has 0 aromatic heterocycles. The number of hydrogen-bond acceptors (Lipinski definition) is 3. The zero-order chi connectivity index (χ0) is 6.57. The van der Waals surface area contributed by atoms with E-state index in [9.17, 15) is 13.2 Å². The third kappa shape index (κ3) is 3.06. The van der Waals surface area contributed by atoms with Gasteiger partial charge in [0.1, 0.15) is 0 Å². The van der Waals surface area contributed by atoms with E-state index in [-0.39, 0.29) is 13.0 Å². The molecule has 0 aromatic rings. The van der Waals surface area contributed by atoms with Crippen LogP contribution >= 0.6 is 0 Å². The summed E-state index contributed by atoms with van der Waals surface area (Å²) >= 11 is -2.61. The van der Waals surface area contributed by atoms with E-state index < -0.39 is 16.6 Å². The highest BCUT2D eigenvalue weighted by molar-refractivity contribution is 7.79. The molecule has 0 aliphatic carbocycles. The van der Waals surface area contributed by atoms with E-state index in [1.807, 2.05) is 0 Å². The Labute approximate surface area is 49.4 Å². The lowest BCUT2D eigenvalue weighted by molar-refractivity contribution is 0.388. The maximum Gasteiger partial charge on any atom is 0.163 e. The van der Waals surface area contributed by atoms with Crippen molar-refractivity contribution in [3.8, 4) is 0 Å². The molecular formula is C3H7FNO2S-. The highest BCUT2D eigenvalue weighted by atomic mass is 32.2. The van der Waals surface area contributed by atoms with Crippen LogP contribution in [0.1, 0.15) is 6.42 Å². The van der Waals surface area contributed by atoms with Gasteiger partial charge < -0.3 is 10.3 Å². The van der Waals surface area contributed by atoms with Crippen molar-refractivity contribution in [1.82, 2.24) is 0 Å². The van der Waals surface area contributed by atoms with Crippen LogP contribution in [0.3, 0.4) is 0 Å². The summed E-state index contributed by atoms with van der Waals surface area (Å²) in [6, 6.07) is 0. The lowest BCUT2D eigenvalue weighted by atomic mass is 10.5. The normalized spacial score (nSPS) is 17.9. The van der Waals surface area contributed by atoms with Crippen LogP contribution < -0.4 is 5.73 Å². The van der Waals surface area contributed by atoms with E-state index in [1.165, 1.54) is 0 Å². The van der Waals surface area contributed by atoms with Gasteiger partial charge in [0, 0.05) is 6.42 Å². The first-order chi connectivity index (χ1) is 3.68. The molecule has 0 radical (unpaired) electrons. The Morgan fingerprint density at radius 1 is 1.88 bits per heavy atom. The van der Waals surface area contributed by atoms with E-state index in [4.69, 9.17) is 5.73 Å². The maximum absolute atomic E-state index is 11.8. The van der Waals surface area contributed by atoms with Gasteiger partial charge in [-0.25, -0.2) is 4.39 Å². The Hall–Kier alpha value is -0.0000000000000000486. The molecule has 0 bridgehead atoms. The minimum absolute atomic E-state index is 0.0646. The molecule has 2 atom stereocenters. The topological polar surface area (TPSA) is 66.2 Å². The van der Waals surface area contributed by atoms with Crippen molar-refractivity contribution in [3.05, 3.63) is 0 Å². The van der Waals surface area contributed by atoms with E-state index >= 15 is 0 Å². The SMILES string of the molecule is NCCC(F)S(=O)[O-]. The van der Waals surface area contributed by atoms with Gasteiger partial charge in [0.15, 0.2) is 5.50 Å². The van der Waals surface area contributed by atoms with Crippen LogP contribution in [0.4, 0.5) is 4.39 Å². The van der Waals surface area contributed by atoms with Crippen molar-refractivity contribution < 1.29 is 13.2 Å². The van der Waals surface area contributed by atoms with Gasteiger partial charge in [0.2, 0.25) is 0 Å². The first kappa shape index (κ1) is 8.00. The molecule has 0 aliphatic heterocycles. The molecule has 0 amide bonds. The summed E-state index contributed by atoms with van der Waals surface area (Å²) in [5.74, 6) is 0. The van der Waals surface area contributed by atoms with Crippen LogP contribution in [0, 0.1) is 0 Å². The van der Waals surface area contributed by atoms with Crippen LogP contribution in [0.5, 0.6) is 0 Å². The van der Waals surface area contributed by atoms with E-state index in [1.54, 1.807) is 0 Å². The predicted molar refractivity (Wildman–Crippen MR) is 27.5 cm³/mol. The van der Waals surface area contributed by atoms with Crippen molar-refractivity contribution >= 4 is 11.1 Å². The third-order valence-electron chi connectivity index (χ3n) is 0.602. The fourth-order valence-electron chi connectivity index (χ4n) is 0.227. The molecule has 0 saturated heterocycles. The second-order valence-corrected chi connectivity index (χ2v) is 2.28. The third-order valence-corrected chi connectivity index (χ3v) is 1.26. The van der Waals surface area contributed by atoms with Crippen molar-refractivity contribution in [2.75, 3.05) is 6.54 Å². The highest BCUT2D eigenvalue weighted by Crippen LogP contribution is 1.98. The molecule has 0 rings (SSSR count). The molecular weight excluding hydrogens is 133 g/mol. The lowest BCUT2D eigenvalue weighted by Crippen LogP contribution is -2.13. The summed E-state index contributed by atoms with van der Waals surface area (Å²) in [5, 5.41) is 0. The van der Waals surface area contributed by atoms with Gasteiger partial charge in [-0.15, -0.1) is 0 Å². The molecule has 5 heteroatoms. The monoisotopic (exact) mass is 140 g/mol. The molecule has 0 spiro atoms. The quantitative estimate of drug-likeness (QED) is 0.538. The van der Waals surface area contributed by atoms with Crippen LogP contribution in [0.2, 0.25) is 0 Å². The minimum atomic E-state index is -2.61. The Bertz CT molecular complexity index is 89.4. The average Bonchev–Trinajstić information content (AvgIpc) is 1.67. The first-order valence-electron chi connectivity index (χ1n) is 2.10. The van der Waals surface area contributed by atoms with Gasteiger partial charge in [-0.1, -0.05) is 0 Å². The van der Waals surface area contributed by atoms with E-state index in [0.717, 1.165) is 0 Å². The Balaban J connectivity index is 3.32. The Morgan fingerprint density at radius 3 is 2.50 bits per heavy atom. The van der Waals surface area contributed by atoms with Gasteiger partial charge in [0.25, 0.3) is 0 Å². The largest absolute Gasteiger partial charge is 0.770 e. The van der Waals surface area contributed by atoms with E-state index in [2.05, 4.69) is 0 Å². The highest BCUT2D eigenvalue weighted by Gasteiger charge is 2.02. The van der Waals surface area contributed by atoms with Gasteiger partial charge >= 0.3 is 0 Å². The first-order valence-corrected chi connectivity index (χ1v) is 3.24. The minimum Gasteiger partial charge on any atom is -0.770 e. The summed E-state index contributed by atoms with van der Waals surface area (Å²) in [4.78, 5) is 0. The molecule has 0 saturated carbocycles. The van der Waals surface area contributed by atoms with Gasteiger partial charge in [0.05, 0.1) is 0 Å². The lowest BCUT2D eigenvalue weighted by Gasteiger charge is -2.07. The van der Waals surface area contributed by atoms with Crippen molar-refractivity contribution in [1.29, 1.82) is 0 Å². The zero-order valence-electron chi connectivity index (χ0n) is 4.17. The molecule has 2 unspecified atom stereocenters. The molecule has 0 heterocycles. The molecule has 3 nitrogen and oxygen atoms in total. The summed E-state index contributed by atoms with van der Waals surface area (Å²) in [5.41, 5.74) is 3.06. The molecule has 8 heavy (non-hydrogen) atoms. The van der Waals surface area contributed by atoms with Crippen LogP contribution in [-0.2, 0) is 11.1 Å². The van der Waals surface area contributed by atoms with Crippen molar-refractivity contribution in [2.24, 2.45) is 5.73 Å². The predicted octanol–water partition coefficient (Wildman–Crippen LogP) is -0.490. The standard InChI is InChI=1S/C3H8FNO2S/c4-3(1-2-5)8(6)7/h3H,1-2,5H2,(H,6,7)/p-1. The van der Waals surface area contributed by atoms with Gasteiger partial charge in [-0.2, -0.15) is 0 Å². The molecule has 50 valence electrons. The summed E-state index contributed by atoms with van der Waals surface area (Å²) in [6.45, 7) is 0.0646. The molecule has 0 aliphatic rings. The Kier molecular flexibility index (Phi) is 3.94. The van der Waals surface area contributed by atoms with Crippen LogP contribution in [0.15, 0.2) is 0 Å². The van der Waals surface area contributed by atoms with Gasteiger partial charge in [-0.05, 0) is 17.6 Å². The number of alkyl halides is 1. The van der Waals surface area contributed by atoms with E-state index in [0.29, 0.717) is 0 Å². The second-order valence-electron chi connectivity index (χ2n) is 1.25. The summed E-state index contributed by atoms with van der Waals surface area (Å²) in [7, 11) is 0. The fourth-order valence-corrected chi connectivity index (χ4v) is 0.556. The summed E-state index contributed by atoms with van der Waals surface area (Å²) < 4.78 is 31.2. The molecule has 0 aromatic carbocycles. The van der Waals surface area contributed by atoms with Crippen LogP contribution in [-0.4, -0.2) is 20.8 Å². The Morgan fingerprint density at radius 2 is 2.38 bits per heavy atom. The molecule has 0 fully saturated rings. The molecule has 2 N–H and O–H groups in total. The maximum atomic E-state index is 11.8. The summed E-state index contributed by atoms with van der Waals surface area (Å²) in [6.07, 6.45) is -0.115. The number of halogens is 1. The average molecular weight is 140 g/mol. The number of nitrogens with two attached hydrogens (primary N) is 1. The van der Waals surface area contributed by atoms with Crippen LogP contribution in [0.25, 0.3) is 0 Å². The van der Waals surface area contributed by atoms with Crippen molar-refractivity contribution in [3.63, 3.8) is 0 Å². The fraction of sp³-hybridized carbons (Fsp3) is 1.00. The number of rotatable bonds is 3. The van der Waals surface area contributed by atoms with Gasteiger partial charge in [-0.3, -0.25) is 4.21 Å². The van der Waals surface area contributed by atoms with Crippen molar-refractivity contribution in [2.45, 2.75) is 11.9 Å². The smallest absolute Gasteiger partial charge is 0.163 e.